The second-order valence-corrected chi connectivity index (χ2v) is 12.1. The van der Waals surface area contributed by atoms with Gasteiger partial charge in [0, 0.05) is 28.9 Å². The Kier molecular flexibility index (Phi) is 10.6. The van der Waals surface area contributed by atoms with Crippen molar-refractivity contribution in [3.8, 4) is 17.2 Å². The SMILES string of the molecule is COc1ccc(CNS(=O)(=O)c2cc(NC(=O)Cc3ccccc3Cl)ccc2-n2cc(NC(=O)C(C)C(F)(F)F)cn2)c(OC)c1. The molecule has 3 aromatic carbocycles. The van der Waals surface area contributed by atoms with Gasteiger partial charge in [-0.3, -0.25) is 9.59 Å². The summed E-state index contributed by atoms with van der Waals surface area (Å²) in [5.74, 6) is -3.21. The molecule has 46 heavy (non-hydrogen) atoms. The van der Waals surface area contributed by atoms with Crippen LogP contribution in [0, 0.1) is 5.92 Å². The van der Waals surface area contributed by atoms with E-state index in [-0.39, 0.29) is 34.9 Å². The van der Waals surface area contributed by atoms with Crippen LogP contribution in [0.4, 0.5) is 24.5 Å². The molecular weight excluding hydrogens is 651 g/mol. The number of benzene rings is 3. The Hall–Kier alpha value is -4.60. The van der Waals surface area contributed by atoms with E-state index in [0.717, 1.165) is 17.1 Å². The minimum Gasteiger partial charge on any atom is -0.497 e. The monoisotopic (exact) mass is 679 g/mol. The maximum Gasteiger partial charge on any atom is 0.400 e. The topological polar surface area (TPSA) is 141 Å². The van der Waals surface area contributed by atoms with Crippen molar-refractivity contribution in [2.45, 2.75) is 31.0 Å². The van der Waals surface area contributed by atoms with Crippen molar-refractivity contribution in [3.63, 3.8) is 0 Å². The van der Waals surface area contributed by atoms with Crippen LogP contribution in [0.2, 0.25) is 5.02 Å². The summed E-state index contributed by atoms with van der Waals surface area (Å²) in [7, 11) is -1.46. The minimum atomic E-state index is -4.76. The predicted octanol–water partition coefficient (Wildman–Crippen LogP) is 5.34. The van der Waals surface area contributed by atoms with E-state index < -0.39 is 33.9 Å². The molecule has 0 aliphatic rings. The quantitative estimate of drug-likeness (QED) is 0.184. The molecule has 0 fully saturated rings. The lowest BCUT2D eigenvalue weighted by Crippen LogP contribution is -2.32. The van der Waals surface area contributed by atoms with Crippen molar-refractivity contribution in [1.82, 2.24) is 14.5 Å². The normalized spacial score (nSPS) is 12.3. The molecule has 1 heterocycles. The first-order chi connectivity index (χ1) is 21.7. The number of alkyl halides is 3. The summed E-state index contributed by atoms with van der Waals surface area (Å²) in [5.41, 5.74) is 1.05. The lowest BCUT2D eigenvalue weighted by molar-refractivity contribution is -0.175. The molecule has 3 N–H and O–H groups in total. The maximum atomic E-state index is 13.7. The first-order valence-electron chi connectivity index (χ1n) is 13.5. The van der Waals surface area contributed by atoms with Gasteiger partial charge in [-0.15, -0.1) is 0 Å². The fourth-order valence-electron chi connectivity index (χ4n) is 4.18. The van der Waals surface area contributed by atoms with Crippen LogP contribution < -0.4 is 24.8 Å². The molecule has 16 heteroatoms. The van der Waals surface area contributed by atoms with Gasteiger partial charge in [-0.2, -0.15) is 18.3 Å². The number of anilines is 2. The molecule has 4 aromatic rings. The zero-order chi connectivity index (χ0) is 33.6. The molecule has 1 unspecified atom stereocenters. The first-order valence-corrected chi connectivity index (χ1v) is 15.4. The summed E-state index contributed by atoms with van der Waals surface area (Å²) in [5, 5.41) is 9.22. The standard InChI is InChI=1S/C30H29ClF3N5O6S/c1-18(30(32,33)34)29(41)38-22-16-35-39(17-22)25-11-9-21(37-28(40)12-19-6-4-5-7-24(19)31)13-27(25)46(42,43)36-15-20-8-10-23(44-2)14-26(20)45-3/h4-11,13-14,16-18,36H,12,15H2,1-3H3,(H,37,40)(H,38,41). The smallest absolute Gasteiger partial charge is 0.400 e. The van der Waals surface area contributed by atoms with E-state index >= 15 is 0 Å². The summed E-state index contributed by atoms with van der Waals surface area (Å²) in [6.45, 7) is 0.514. The highest BCUT2D eigenvalue weighted by molar-refractivity contribution is 7.89. The molecule has 0 saturated carbocycles. The van der Waals surface area contributed by atoms with E-state index in [1.54, 1.807) is 42.5 Å². The molecule has 0 saturated heterocycles. The van der Waals surface area contributed by atoms with Crippen LogP contribution in [0.25, 0.3) is 5.69 Å². The van der Waals surface area contributed by atoms with E-state index in [9.17, 15) is 31.2 Å². The van der Waals surface area contributed by atoms with Crippen molar-refractivity contribution in [2.75, 3.05) is 24.9 Å². The third kappa shape index (κ3) is 8.35. The molecule has 4 rings (SSSR count). The number of sulfonamides is 1. The van der Waals surface area contributed by atoms with Gasteiger partial charge in [0.15, 0.2) is 0 Å². The number of nitrogens with zero attached hydrogens (tertiary/aromatic N) is 2. The van der Waals surface area contributed by atoms with Gasteiger partial charge in [0.25, 0.3) is 0 Å². The molecule has 0 bridgehead atoms. The van der Waals surface area contributed by atoms with Crippen molar-refractivity contribution >= 4 is 44.8 Å². The largest absolute Gasteiger partial charge is 0.497 e. The van der Waals surface area contributed by atoms with Gasteiger partial charge in [-0.1, -0.05) is 35.9 Å². The van der Waals surface area contributed by atoms with Crippen molar-refractivity contribution in [1.29, 1.82) is 0 Å². The molecule has 0 aliphatic heterocycles. The van der Waals surface area contributed by atoms with Gasteiger partial charge in [-0.05, 0) is 42.8 Å². The van der Waals surface area contributed by atoms with Crippen LogP contribution in [-0.2, 0) is 32.6 Å². The molecule has 11 nitrogen and oxygen atoms in total. The Labute approximate surface area is 267 Å². The molecule has 0 spiro atoms. The van der Waals surface area contributed by atoms with Gasteiger partial charge >= 0.3 is 6.18 Å². The maximum absolute atomic E-state index is 13.7. The summed E-state index contributed by atoms with van der Waals surface area (Å²) in [6, 6.07) is 15.6. The number of hydrogen-bond donors (Lipinski definition) is 3. The number of halogens is 4. The molecule has 0 aliphatic carbocycles. The summed E-state index contributed by atoms with van der Waals surface area (Å²) >= 11 is 6.17. The van der Waals surface area contributed by atoms with E-state index in [4.69, 9.17) is 21.1 Å². The number of carbonyl (C=O) groups is 2. The molecular formula is C30H29ClF3N5O6S. The summed E-state index contributed by atoms with van der Waals surface area (Å²) in [4.78, 5) is 24.6. The number of amides is 2. The molecule has 1 atom stereocenters. The van der Waals surface area contributed by atoms with Gasteiger partial charge in [0.1, 0.15) is 22.3 Å². The third-order valence-electron chi connectivity index (χ3n) is 6.77. The Morgan fingerprint density at radius 3 is 2.39 bits per heavy atom. The Bertz CT molecular complexity index is 1850. The summed E-state index contributed by atoms with van der Waals surface area (Å²) < 4.78 is 80.6. The third-order valence-corrected chi connectivity index (χ3v) is 8.57. The van der Waals surface area contributed by atoms with Gasteiger partial charge in [0.05, 0.1) is 44.4 Å². The average molecular weight is 680 g/mol. The van der Waals surface area contributed by atoms with Crippen molar-refractivity contribution in [2.24, 2.45) is 5.92 Å². The highest BCUT2D eigenvalue weighted by atomic mass is 35.5. The number of aromatic nitrogens is 2. The number of ether oxygens (including phenoxy) is 2. The Morgan fingerprint density at radius 1 is 0.978 bits per heavy atom. The van der Waals surface area contributed by atoms with E-state index in [1.165, 1.54) is 32.4 Å². The van der Waals surface area contributed by atoms with Crippen LogP contribution in [0.3, 0.4) is 0 Å². The highest BCUT2D eigenvalue weighted by Crippen LogP contribution is 2.29. The zero-order valence-corrected chi connectivity index (χ0v) is 26.3. The van der Waals surface area contributed by atoms with E-state index in [1.807, 2.05) is 0 Å². The first kappa shape index (κ1) is 34.3. The van der Waals surface area contributed by atoms with Crippen LogP contribution >= 0.6 is 11.6 Å². The fourth-order valence-corrected chi connectivity index (χ4v) is 5.61. The molecule has 2 amide bonds. The number of nitrogens with one attached hydrogen (secondary N) is 3. The fraction of sp³-hybridized carbons (Fsp3) is 0.233. The zero-order valence-electron chi connectivity index (χ0n) is 24.7. The van der Waals surface area contributed by atoms with Crippen LogP contribution in [0.15, 0.2) is 78.0 Å². The van der Waals surface area contributed by atoms with Crippen LogP contribution in [-0.4, -0.2) is 50.4 Å². The number of hydrogen-bond acceptors (Lipinski definition) is 7. The second kappa shape index (κ2) is 14.2. The molecule has 244 valence electrons. The Balaban J connectivity index is 1.66. The molecule has 0 radical (unpaired) electrons. The minimum absolute atomic E-state index is 0.0253. The number of carbonyl (C=O) groups excluding carboxylic acids is 2. The lowest BCUT2D eigenvalue weighted by Gasteiger charge is -2.16. The lowest BCUT2D eigenvalue weighted by atomic mass is 10.1. The number of methoxy groups -OCH3 is 2. The van der Waals surface area contributed by atoms with Gasteiger partial charge < -0.3 is 20.1 Å². The van der Waals surface area contributed by atoms with E-state index in [0.29, 0.717) is 34.6 Å². The van der Waals surface area contributed by atoms with Gasteiger partial charge in [0.2, 0.25) is 21.8 Å². The predicted molar refractivity (Wildman–Crippen MR) is 165 cm³/mol. The number of rotatable bonds is 12. The second-order valence-electron chi connectivity index (χ2n) is 9.93. The average Bonchev–Trinajstić information content (AvgIpc) is 3.48. The van der Waals surface area contributed by atoms with Crippen LogP contribution in [0.5, 0.6) is 11.5 Å². The van der Waals surface area contributed by atoms with Crippen molar-refractivity contribution < 1.29 is 40.7 Å². The van der Waals surface area contributed by atoms with E-state index in [2.05, 4.69) is 20.5 Å². The van der Waals surface area contributed by atoms with Crippen LogP contribution in [0.1, 0.15) is 18.1 Å². The Morgan fingerprint density at radius 2 is 1.72 bits per heavy atom. The summed E-state index contributed by atoms with van der Waals surface area (Å²) in [6.07, 6.45) is -2.60. The van der Waals surface area contributed by atoms with Crippen molar-refractivity contribution in [3.05, 3.63) is 89.2 Å². The highest BCUT2D eigenvalue weighted by Gasteiger charge is 2.41. The molecule has 1 aromatic heterocycles. The van der Waals surface area contributed by atoms with Gasteiger partial charge in [-0.25, -0.2) is 17.8 Å².